The number of hydrogen-bond donors (Lipinski definition) is 1. The highest BCUT2D eigenvalue weighted by Crippen LogP contribution is 2.11. The van der Waals surface area contributed by atoms with Crippen molar-refractivity contribution >= 4 is 5.97 Å². The van der Waals surface area contributed by atoms with Gasteiger partial charge >= 0.3 is 5.97 Å². The molecule has 0 amide bonds. The monoisotopic (exact) mass is 196 g/mol. The second-order valence-corrected chi connectivity index (χ2v) is 2.51. The molecule has 2 N–H and O–H groups in total. The fourth-order valence-corrected chi connectivity index (χ4v) is 0.894. The number of esters is 1. The number of pyridine rings is 1. The van der Waals surface area contributed by atoms with Crippen molar-refractivity contribution in [3.8, 4) is 5.75 Å². The highest BCUT2D eigenvalue weighted by atomic mass is 16.5. The van der Waals surface area contributed by atoms with E-state index >= 15 is 0 Å². The fraction of sp³-hybridized carbons (Fsp3) is 0.333. The summed E-state index contributed by atoms with van der Waals surface area (Å²) in [5, 5.41) is 0. The molecule has 0 aliphatic heterocycles. The summed E-state index contributed by atoms with van der Waals surface area (Å²) in [6, 6.07) is 3.17. The summed E-state index contributed by atoms with van der Waals surface area (Å²) in [5.41, 5.74) is 5.49. The first-order valence-electron chi connectivity index (χ1n) is 4.15. The van der Waals surface area contributed by atoms with Crippen molar-refractivity contribution in [2.24, 2.45) is 5.73 Å². The van der Waals surface area contributed by atoms with Gasteiger partial charge in [-0.25, -0.2) is 9.78 Å². The van der Waals surface area contributed by atoms with Crippen LogP contribution in [0.5, 0.6) is 5.75 Å². The van der Waals surface area contributed by atoms with Crippen molar-refractivity contribution in [3.63, 3.8) is 0 Å². The van der Waals surface area contributed by atoms with Crippen molar-refractivity contribution in [2.45, 2.75) is 0 Å². The average Bonchev–Trinajstić information content (AvgIpc) is 2.25. The Hall–Kier alpha value is -1.62. The standard InChI is InChI=1S/C9H12N2O3/c1-13-9(12)8-6-7(2-4-11-8)14-5-3-10/h2,4,6H,3,5,10H2,1H3. The Labute approximate surface area is 81.8 Å². The lowest BCUT2D eigenvalue weighted by Crippen LogP contribution is -2.11. The second kappa shape index (κ2) is 5.18. The average molecular weight is 196 g/mol. The zero-order valence-electron chi connectivity index (χ0n) is 7.90. The summed E-state index contributed by atoms with van der Waals surface area (Å²) in [6.07, 6.45) is 1.48. The Kier molecular flexibility index (Phi) is 3.87. The van der Waals surface area contributed by atoms with E-state index in [0.717, 1.165) is 0 Å². The first kappa shape index (κ1) is 10.5. The Bertz CT molecular complexity index is 315. The normalized spacial score (nSPS) is 9.57. The number of ether oxygens (including phenoxy) is 2. The van der Waals surface area contributed by atoms with Crippen molar-refractivity contribution in [1.29, 1.82) is 0 Å². The summed E-state index contributed by atoms with van der Waals surface area (Å²) in [7, 11) is 1.30. The molecule has 1 aromatic rings. The van der Waals surface area contributed by atoms with Crippen molar-refractivity contribution in [1.82, 2.24) is 4.98 Å². The van der Waals surface area contributed by atoms with E-state index < -0.39 is 5.97 Å². The van der Waals surface area contributed by atoms with Gasteiger partial charge in [0, 0.05) is 18.8 Å². The van der Waals surface area contributed by atoms with Gasteiger partial charge in [-0.05, 0) is 6.07 Å². The molecule has 0 fully saturated rings. The number of hydrogen-bond acceptors (Lipinski definition) is 5. The summed E-state index contributed by atoms with van der Waals surface area (Å²) < 4.78 is 9.73. The van der Waals surface area contributed by atoms with Gasteiger partial charge in [-0.1, -0.05) is 0 Å². The lowest BCUT2D eigenvalue weighted by atomic mass is 10.3. The third-order valence-electron chi connectivity index (χ3n) is 1.51. The van der Waals surface area contributed by atoms with E-state index in [4.69, 9.17) is 10.5 Å². The third-order valence-corrected chi connectivity index (χ3v) is 1.51. The SMILES string of the molecule is COC(=O)c1cc(OCCN)ccn1. The fourth-order valence-electron chi connectivity index (χ4n) is 0.894. The number of carbonyl (C=O) groups is 1. The number of methoxy groups -OCH3 is 1. The van der Waals surface area contributed by atoms with Crippen molar-refractivity contribution in [3.05, 3.63) is 24.0 Å². The molecule has 0 radical (unpaired) electrons. The van der Waals surface area contributed by atoms with Gasteiger partial charge in [-0.15, -0.1) is 0 Å². The minimum atomic E-state index is -0.483. The zero-order chi connectivity index (χ0) is 10.4. The van der Waals surface area contributed by atoms with E-state index in [-0.39, 0.29) is 5.69 Å². The van der Waals surface area contributed by atoms with Gasteiger partial charge in [0.1, 0.15) is 12.4 Å². The maximum absolute atomic E-state index is 11.1. The van der Waals surface area contributed by atoms with Gasteiger partial charge in [0.05, 0.1) is 7.11 Å². The molecular formula is C9H12N2O3. The van der Waals surface area contributed by atoms with E-state index in [1.54, 1.807) is 6.07 Å². The van der Waals surface area contributed by atoms with Crippen LogP contribution in [0.2, 0.25) is 0 Å². The highest BCUT2D eigenvalue weighted by molar-refractivity contribution is 5.87. The quantitative estimate of drug-likeness (QED) is 0.696. The second-order valence-electron chi connectivity index (χ2n) is 2.51. The molecule has 0 aliphatic carbocycles. The van der Waals surface area contributed by atoms with Gasteiger partial charge < -0.3 is 15.2 Å². The number of rotatable bonds is 4. The molecule has 76 valence electrons. The highest BCUT2D eigenvalue weighted by Gasteiger charge is 2.07. The molecule has 0 bridgehead atoms. The molecular weight excluding hydrogens is 184 g/mol. The lowest BCUT2D eigenvalue weighted by Gasteiger charge is -2.04. The molecule has 14 heavy (non-hydrogen) atoms. The van der Waals surface area contributed by atoms with Crippen LogP contribution < -0.4 is 10.5 Å². The molecule has 1 heterocycles. The van der Waals surface area contributed by atoms with Crippen LogP contribution in [0.4, 0.5) is 0 Å². The molecule has 0 saturated carbocycles. The Morgan fingerprint density at radius 1 is 1.64 bits per heavy atom. The zero-order valence-corrected chi connectivity index (χ0v) is 7.90. The van der Waals surface area contributed by atoms with Crippen molar-refractivity contribution < 1.29 is 14.3 Å². The van der Waals surface area contributed by atoms with Gasteiger partial charge in [0.25, 0.3) is 0 Å². The molecule has 0 unspecified atom stereocenters. The first-order chi connectivity index (χ1) is 6.77. The van der Waals surface area contributed by atoms with Crippen LogP contribution in [-0.4, -0.2) is 31.2 Å². The molecule has 0 saturated heterocycles. The van der Waals surface area contributed by atoms with Crippen LogP contribution in [0.25, 0.3) is 0 Å². The Balaban J connectivity index is 2.73. The third kappa shape index (κ3) is 2.70. The minimum Gasteiger partial charge on any atom is -0.492 e. The van der Waals surface area contributed by atoms with E-state index in [9.17, 15) is 4.79 Å². The van der Waals surface area contributed by atoms with Crippen LogP contribution in [0, 0.1) is 0 Å². The predicted octanol–water partition coefficient (Wildman–Crippen LogP) is 0.206. The van der Waals surface area contributed by atoms with Crippen LogP contribution >= 0.6 is 0 Å². The topological polar surface area (TPSA) is 74.4 Å². The molecule has 5 nitrogen and oxygen atoms in total. The molecule has 1 rings (SSSR count). The molecule has 1 aromatic heterocycles. The summed E-state index contributed by atoms with van der Waals surface area (Å²) in [6.45, 7) is 0.834. The van der Waals surface area contributed by atoms with Crippen LogP contribution in [-0.2, 0) is 4.74 Å². The largest absolute Gasteiger partial charge is 0.492 e. The van der Waals surface area contributed by atoms with E-state index in [0.29, 0.717) is 18.9 Å². The summed E-state index contributed by atoms with van der Waals surface area (Å²) >= 11 is 0. The minimum absolute atomic E-state index is 0.224. The van der Waals surface area contributed by atoms with E-state index in [2.05, 4.69) is 9.72 Å². The first-order valence-corrected chi connectivity index (χ1v) is 4.15. The van der Waals surface area contributed by atoms with E-state index in [1.165, 1.54) is 19.4 Å². The summed E-state index contributed by atoms with van der Waals surface area (Å²) in [4.78, 5) is 14.9. The van der Waals surface area contributed by atoms with Gasteiger partial charge in [0.15, 0.2) is 5.69 Å². The maximum Gasteiger partial charge on any atom is 0.356 e. The van der Waals surface area contributed by atoms with Gasteiger partial charge in [0.2, 0.25) is 0 Å². The van der Waals surface area contributed by atoms with Crippen molar-refractivity contribution in [2.75, 3.05) is 20.3 Å². The predicted molar refractivity (Wildman–Crippen MR) is 50.1 cm³/mol. The smallest absolute Gasteiger partial charge is 0.356 e. The van der Waals surface area contributed by atoms with Crippen LogP contribution in [0.15, 0.2) is 18.3 Å². The Morgan fingerprint density at radius 3 is 3.07 bits per heavy atom. The molecule has 0 aliphatic rings. The molecule has 0 atom stereocenters. The van der Waals surface area contributed by atoms with Gasteiger partial charge in [-0.2, -0.15) is 0 Å². The number of nitrogens with two attached hydrogens (primary N) is 1. The van der Waals surface area contributed by atoms with Crippen LogP contribution in [0.1, 0.15) is 10.5 Å². The van der Waals surface area contributed by atoms with E-state index in [1.807, 2.05) is 0 Å². The number of nitrogens with zero attached hydrogens (tertiary/aromatic N) is 1. The van der Waals surface area contributed by atoms with Gasteiger partial charge in [-0.3, -0.25) is 0 Å². The summed E-state index contributed by atoms with van der Waals surface area (Å²) in [5.74, 6) is 0.0778. The maximum atomic E-state index is 11.1. The molecule has 0 aromatic carbocycles. The lowest BCUT2D eigenvalue weighted by molar-refractivity contribution is 0.0593. The Morgan fingerprint density at radius 2 is 2.43 bits per heavy atom. The number of carbonyl (C=O) groups excluding carboxylic acids is 1. The number of aromatic nitrogens is 1. The molecule has 5 heteroatoms. The van der Waals surface area contributed by atoms with Crippen LogP contribution in [0.3, 0.4) is 0 Å². The molecule has 0 spiro atoms.